The third kappa shape index (κ3) is 5.35. The van der Waals surface area contributed by atoms with Crippen LogP contribution in [0.4, 0.5) is 4.39 Å². The monoisotopic (exact) mass is 324 g/mol. The molecule has 11 heteroatoms. The van der Waals surface area contributed by atoms with E-state index in [-0.39, 0.29) is 13.2 Å². The van der Waals surface area contributed by atoms with Crippen molar-refractivity contribution in [3.05, 3.63) is 32.9 Å². The van der Waals surface area contributed by atoms with Gasteiger partial charge in [-0.2, -0.15) is 4.39 Å². The molecule has 21 heavy (non-hydrogen) atoms. The van der Waals surface area contributed by atoms with Gasteiger partial charge in [0.05, 0.1) is 6.20 Å². The maximum atomic E-state index is 13.0. The van der Waals surface area contributed by atoms with Gasteiger partial charge in [0.25, 0.3) is 5.56 Å². The number of rotatable bonds is 8. The SMILES string of the molecule is O=C(O)C(OCCCCn1cc(F)c(=O)[nH]c1=O)P(O)O. The first-order chi connectivity index (χ1) is 9.82. The minimum absolute atomic E-state index is 0.0719. The highest BCUT2D eigenvalue weighted by atomic mass is 31.2. The molecule has 0 saturated carbocycles. The Balaban J connectivity index is 2.41. The first-order valence-electron chi connectivity index (χ1n) is 5.83. The molecule has 4 N–H and O–H groups in total. The van der Waals surface area contributed by atoms with E-state index in [1.54, 1.807) is 4.98 Å². The average Bonchev–Trinajstić information content (AvgIpc) is 2.38. The van der Waals surface area contributed by atoms with Crippen molar-refractivity contribution < 1.29 is 28.8 Å². The van der Waals surface area contributed by atoms with E-state index in [4.69, 9.17) is 19.6 Å². The zero-order valence-corrected chi connectivity index (χ0v) is 11.6. The van der Waals surface area contributed by atoms with Crippen molar-refractivity contribution in [1.29, 1.82) is 0 Å². The number of carboxylic acids is 1. The Labute approximate surface area is 118 Å². The quantitative estimate of drug-likeness (QED) is 0.361. The number of nitrogens with one attached hydrogen (secondary N) is 1. The van der Waals surface area contributed by atoms with Gasteiger partial charge in [0.1, 0.15) is 0 Å². The number of nitrogens with zero attached hydrogens (tertiary/aromatic N) is 1. The summed E-state index contributed by atoms with van der Waals surface area (Å²) in [6.45, 7) is 0.0259. The summed E-state index contributed by atoms with van der Waals surface area (Å²) in [7, 11) is -2.75. The molecule has 0 aliphatic rings. The number of ether oxygens (including phenoxy) is 1. The van der Waals surface area contributed by atoms with Gasteiger partial charge in [-0.05, 0) is 12.8 Å². The molecule has 1 rings (SSSR count). The Morgan fingerprint density at radius 2 is 2.10 bits per heavy atom. The van der Waals surface area contributed by atoms with Crippen LogP contribution in [0.25, 0.3) is 0 Å². The van der Waals surface area contributed by atoms with Gasteiger partial charge < -0.3 is 19.6 Å². The Morgan fingerprint density at radius 3 is 2.67 bits per heavy atom. The molecule has 0 aliphatic heterocycles. The van der Waals surface area contributed by atoms with Gasteiger partial charge in [0, 0.05) is 13.2 Å². The van der Waals surface area contributed by atoms with Crippen LogP contribution in [0, 0.1) is 5.82 Å². The first-order valence-corrected chi connectivity index (χ1v) is 7.15. The maximum absolute atomic E-state index is 13.0. The highest BCUT2D eigenvalue weighted by molar-refractivity contribution is 7.46. The van der Waals surface area contributed by atoms with Gasteiger partial charge in [-0.15, -0.1) is 0 Å². The normalized spacial score (nSPS) is 12.6. The molecule has 1 heterocycles. The lowest BCUT2D eigenvalue weighted by atomic mass is 10.3. The van der Waals surface area contributed by atoms with Gasteiger partial charge >= 0.3 is 11.7 Å². The van der Waals surface area contributed by atoms with Crippen LogP contribution in [0.2, 0.25) is 0 Å². The molecule has 0 spiro atoms. The largest absolute Gasteiger partial charge is 0.479 e. The van der Waals surface area contributed by atoms with E-state index in [1.165, 1.54) is 0 Å². The van der Waals surface area contributed by atoms with Crippen molar-refractivity contribution in [2.24, 2.45) is 0 Å². The number of aryl methyl sites for hydroxylation is 1. The smallest absolute Gasteiger partial charge is 0.342 e. The molecule has 1 aromatic heterocycles. The molecule has 0 aromatic carbocycles. The third-order valence-corrected chi connectivity index (χ3v) is 3.25. The molecule has 118 valence electrons. The molecule has 0 aliphatic carbocycles. The third-order valence-electron chi connectivity index (χ3n) is 2.46. The lowest BCUT2D eigenvalue weighted by Gasteiger charge is -2.14. The molecule has 0 saturated heterocycles. The molecule has 0 fully saturated rings. The number of carboxylic acid groups (broad SMARTS) is 1. The lowest BCUT2D eigenvalue weighted by molar-refractivity contribution is -0.145. The van der Waals surface area contributed by atoms with Crippen molar-refractivity contribution in [2.45, 2.75) is 25.2 Å². The number of aromatic amines is 1. The van der Waals surface area contributed by atoms with E-state index in [0.717, 1.165) is 10.8 Å². The van der Waals surface area contributed by atoms with Crippen LogP contribution in [0.3, 0.4) is 0 Å². The summed E-state index contributed by atoms with van der Waals surface area (Å²) >= 11 is 0. The highest BCUT2D eigenvalue weighted by Gasteiger charge is 2.26. The molecular weight excluding hydrogens is 310 g/mol. The van der Waals surface area contributed by atoms with Crippen LogP contribution in [0.5, 0.6) is 0 Å². The van der Waals surface area contributed by atoms with Crippen molar-refractivity contribution in [2.75, 3.05) is 6.61 Å². The van der Waals surface area contributed by atoms with Gasteiger partial charge in [-0.3, -0.25) is 14.3 Å². The van der Waals surface area contributed by atoms with E-state index in [2.05, 4.69) is 0 Å². The van der Waals surface area contributed by atoms with Gasteiger partial charge in [-0.25, -0.2) is 9.59 Å². The molecule has 1 aromatic rings. The van der Waals surface area contributed by atoms with Gasteiger partial charge in [0.2, 0.25) is 20.0 Å². The summed E-state index contributed by atoms with van der Waals surface area (Å²) in [4.78, 5) is 52.1. The minimum Gasteiger partial charge on any atom is -0.479 e. The second kappa shape index (κ2) is 7.99. The van der Waals surface area contributed by atoms with E-state index in [0.29, 0.717) is 12.8 Å². The van der Waals surface area contributed by atoms with Crippen molar-refractivity contribution >= 4 is 14.3 Å². The first kappa shape index (κ1) is 17.4. The fourth-order valence-corrected chi connectivity index (χ4v) is 1.90. The fourth-order valence-electron chi connectivity index (χ4n) is 1.46. The fraction of sp³-hybridized carbons (Fsp3) is 0.500. The molecule has 0 bridgehead atoms. The number of unbranched alkanes of at least 4 members (excludes halogenated alkanes) is 1. The summed E-state index contributed by atoms with van der Waals surface area (Å²) in [5.41, 5.74) is -1.84. The molecular formula is C10H14FN2O7P. The number of hydrogen-bond donors (Lipinski definition) is 4. The topological polar surface area (TPSA) is 142 Å². The van der Waals surface area contributed by atoms with Crippen molar-refractivity contribution in [3.8, 4) is 0 Å². The second-order valence-electron chi connectivity index (χ2n) is 4.02. The maximum Gasteiger partial charge on any atom is 0.342 e. The Kier molecular flexibility index (Phi) is 6.63. The lowest BCUT2D eigenvalue weighted by Crippen LogP contribution is -2.31. The minimum atomic E-state index is -2.75. The Morgan fingerprint density at radius 1 is 1.43 bits per heavy atom. The number of halogens is 1. The van der Waals surface area contributed by atoms with Crippen molar-refractivity contribution in [3.63, 3.8) is 0 Å². The standard InChI is InChI=1S/C10H14FN2O7P/c11-6-5-13(10(17)12-7(6)14)3-1-2-4-20-9(8(15)16)21(18)19/h5,9,18-19H,1-4H2,(H,15,16)(H,12,14,17). The second-order valence-corrected chi connectivity index (χ2v) is 5.13. The average molecular weight is 324 g/mol. The number of hydrogen-bond acceptors (Lipinski definition) is 6. The van der Waals surface area contributed by atoms with E-state index in [1.807, 2.05) is 0 Å². The highest BCUT2D eigenvalue weighted by Crippen LogP contribution is 2.31. The summed E-state index contributed by atoms with van der Waals surface area (Å²) < 4.78 is 18.7. The Bertz CT molecular complexity index is 600. The summed E-state index contributed by atoms with van der Waals surface area (Å²) in [5.74, 6) is -4.25. The van der Waals surface area contributed by atoms with Crippen molar-refractivity contribution in [1.82, 2.24) is 9.55 Å². The number of H-pyrrole nitrogens is 1. The summed E-state index contributed by atoms with van der Waals surface area (Å²) in [6, 6.07) is 0. The molecule has 0 radical (unpaired) electrons. The van der Waals surface area contributed by atoms with Crippen LogP contribution in [0.15, 0.2) is 15.8 Å². The van der Waals surface area contributed by atoms with Crippen LogP contribution in [-0.2, 0) is 16.1 Å². The molecule has 0 amide bonds. The van der Waals surface area contributed by atoms with E-state index < -0.39 is 37.3 Å². The predicted molar refractivity (Wildman–Crippen MR) is 69.2 cm³/mol. The molecule has 1 atom stereocenters. The van der Waals surface area contributed by atoms with Crippen LogP contribution >= 0.6 is 8.38 Å². The summed E-state index contributed by atoms with van der Waals surface area (Å²) in [5, 5.41) is 8.62. The van der Waals surface area contributed by atoms with Crippen LogP contribution < -0.4 is 11.2 Å². The van der Waals surface area contributed by atoms with Crippen LogP contribution in [-0.4, -0.2) is 42.9 Å². The van der Waals surface area contributed by atoms with Gasteiger partial charge in [0.15, 0.2) is 0 Å². The molecule has 1 unspecified atom stereocenters. The summed E-state index contributed by atoms with van der Waals surface area (Å²) in [6.07, 6.45) is 1.43. The van der Waals surface area contributed by atoms with E-state index in [9.17, 15) is 18.8 Å². The number of aliphatic carboxylic acids is 1. The van der Waals surface area contributed by atoms with Gasteiger partial charge in [-0.1, -0.05) is 0 Å². The molecule has 9 nitrogen and oxygen atoms in total. The van der Waals surface area contributed by atoms with Crippen LogP contribution in [0.1, 0.15) is 12.8 Å². The zero-order valence-electron chi connectivity index (χ0n) is 10.7. The van der Waals surface area contributed by atoms with E-state index >= 15 is 0 Å². The number of carbonyl (C=O) groups is 1. The predicted octanol–water partition coefficient (Wildman–Crippen LogP) is -0.820. The number of aromatic nitrogens is 2. The zero-order chi connectivity index (χ0) is 16.0. The Hall–Kier alpha value is -1.61.